The van der Waals surface area contributed by atoms with Gasteiger partial charge in [0.15, 0.2) is 0 Å². The quantitative estimate of drug-likeness (QED) is 0.490. The molecule has 0 aliphatic heterocycles. The molecule has 4 rings (SSSR count). The Balaban J connectivity index is 2.18. The summed E-state index contributed by atoms with van der Waals surface area (Å²) < 4.78 is 42.5. The lowest BCUT2D eigenvalue weighted by Gasteiger charge is -2.13. The molecule has 0 bridgehead atoms. The average Bonchev–Trinajstić information content (AvgIpc) is 2.97. The molecule has 0 amide bonds. The van der Waals surface area contributed by atoms with Crippen LogP contribution in [-0.4, -0.2) is 20.6 Å². The molecular weight excluding hydrogens is 407 g/mol. The van der Waals surface area contributed by atoms with E-state index in [1.54, 1.807) is 31.3 Å². The number of nitrogens with zero attached hydrogens (tertiary/aromatic N) is 3. The van der Waals surface area contributed by atoms with Crippen LogP contribution in [0.25, 0.3) is 32.9 Å². The van der Waals surface area contributed by atoms with Crippen molar-refractivity contribution in [3.63, 3.8) is 0 Å². The zero-order chi connectivity index (χ0) is 22.5. The summed E-state index contributed by atoms with van der Waals surface area (Å²) in [6, 6.07) is 10.8. The van der Waals surface area contributed by atoms with Gasteiger partial charge in [-0.2, -0.15) is 18.4 Å². The van der Waals surface area contributed by atoms with Crippen molar-refractivity contribution in [1.82, 2.24) is 9.55 Å². The number of aromatic nitrogens is 2. The highest BCUT2D eigenvalue weighted by Gasteiger charge is 2.33. The third kappa shape index (κ3) is 3.19. The SMILES string of the molecule is Cc1c(-c2ccnc3c(C(F)(F)F)cccc23)c2c(CC(=O)O)c(C#N)ccc2n1C. The Kier molecular flexibility index (Phi) is 4.69. The first kappa shape index (κ1) is 20.4. The van der Waals surface area contributed by atoms with Gasteiger partial charge in [-0.1, -0.05) is 12.1 Å². The molecule has 1 N–H and O–H groups in total. The maximum atomic E-state index is 13.5. The van der Waals surface area contributed by atoms with Crippen LogP contribution in [0.1, 0.15) is 22.4 Å². The van der Waals surface area contributed by atoms with Crippen molar-refractivity contribution in [2.45, 2.75) is 19.5 Å². The molecule has 0 spiro atoms. The molecule has 0 atom stereocenters. The Hall–Kier alpha value is -3.86. The minimum Gasteiger partial charge on any atom is -0.481 e. The molecule has 5 nitrogen and oxygen atoms in total. The Morgan fingerprint density at radius 2 is 1.97 bits per heavy atom. The van der Waals surface area contributed by atoms with Crippen LogP contribution >= 0.6 is 0 Å². The van der Waals surface area contributed by atoms with Crippen LogP contribution in [-0.2, 0) is 24.4 Å². The fourth-order valence-corrected chi connectivity index (χ4v) is 4.12. The van der Waals surface area contributed by atoms with E-state index in [1.807, 2.05) is 17.6 Å². The van der Waals surface area contributed by atoms with E-state index < -0.39 is 17.7 Å². The second-order valence-electron chi connectivity index (χ2n) is 7.25. The number of hydrogen-bond donors (Lipinski definition) is 1. The minimum absolute atomic E-state index is 0.180. The summed E-state index contributed by atoms with van der Waals surface area (Å²) in [5.74, 6) is -1.10. The lowest BCUT2D eigenvalue weighted by atomic mass is 9.92. The Labute approximate surface area is 175 Å². The van der Waals surface area contributed by atoms with E-state index in [-0.39, 0.29) is 17.5 Å². The first-order valence-corrected chi connectivity index (χ1v) is 9.33. The highest BCUT2D eigenvalue weighted by atomic mass is 19.4. The van der Waals surface area contributed by atoms with Crippen molar-refractivity contribution in [3.05, 3.63) is 65.0 Å². The number of aliphatic carboxylic acids is 1. The van der Waals surface area contributed by atoms with E-state index in [1.165, 1.54) is 12.3 Å². The molecule has 0 saturated carbocycles. The molecule has 2 aromatic carbocycles. The molecule has 0 aliphatic carbocycles. The van der Waals surface area contributed by atoms with Crippen molar-refractivity contribution in [2.75, 3.05) is 0 Å². The number of halogens is 3. The van der Waals surface area contributed by atoms with Crippen LogP contribution in [0.3, 0.4) is 0 Å². The number of nitriles is 1. The smallest absolute Gasteiger partial charge is 0.418 e. The highest BCUT2D eigenvalue weighted by Crippen LogP contribution is 2.42. The summed E-state index contributed by atoms with van der Waals surface area (Å²) in [6.45, 7) is 1.81. The molecule has 4 aromatic rings. The van der Waals surface area contributed by atoms with Crippen LogP contribution in [0.15, 0.2) is 42.6 Å². The van der Waals surface area contributed by atoms with Gasteiger partial charge < -0.3 is 9.67 Å². The van der Waals surface area contributed by atoms with Gasteiger partial charge in [0.25, 0.3) is 0 Å². The number of pyridine rings is 1. The van der Waals surface area contributed by atoms with Crippen LogP contribution in [0.4, 0.5) is 13.2 Å². The predicted octanol–water partition coefficient (Wildman–Crippen LogP) is 5.22. The van der Waals surface area contributed by atoms with Crippen LogP contribution in [0.2, 0.25) is 0 Å². The monoisotopic (exact) mass is 423 g/mol. The lowest BCUT2D eigenvalue weighted by molar-refractivity contribution is -0.137. The second-order valence-corrected chi connectivity index (χ2v) is 7.25. The molecule has 31 heavy (non-hydrogen) atoms. The Morgan fingerprint density at radius 3 is 2.61 bits per heavy atom. The highest BCUT2D eigenvalue weighted by molar-refractivity contribution is 6.08. The molecule has 0 aliphatic rings. The van der Waals surface area contributed by atoms with E-state index >= 15 is 0 Å². The number of para-hydroxylation sites is 1. The van der Waals surface area contributed by atoms with Crippen molar-refractivity contribution >= 4 is 27.8 Å². The number of carbonyl (C=O) groups is 1. The van der Waals surface area contributed by atoms with Crippen LogP contribution in [0.5, 0.6) is 0 Å². The molecular formula is C23H16F3N3O2. The molecule has 0 unspecified atom stereocenters. The number of benzene rings is 2. The molecule has 8 heteroatoms. The maximum Gasteiger partial charge on any atom is 0.418 e. The fraction of sp³-hybridized carbons (Fsp3) is 0.174. The Bertz CT molecular complexity index is 1410. The van der Waals surface area contributed by atoms with Crippen LogP contribution < -0.4 is 0 Å². The summed E-state index contributed by atoms with van der Waals surface area (Å²) in [7, 11) is 1.79. The van der Waals surface area contributed by atoms with Gasteiger partial charge in [-0.25, -0.2) is 0 Å². The van der Waals surface area contributed by atoms with Gasteiger partial charge in [-0.3, -0.25) is 9.78 Å². The summed E-state index contributed by atoms with van der Waals surface area (Å²) in [6.07, 6.45) is -3.63. The summed E-state index contributed by atoms with van der Waals surface area (Å²) in [5, 5.41) is 19.8. The van der Waals surface area contributed by atoms with E-state index in [0.29, 0.717) is 33.0 Å². The standard InChI is InChI=1S/C23H16F3N3O2/c1-12-20(14-8-9-28-22-15(14)4-3-5-17(22)23(24,25)26)21-16(10-19(30)31)13(11-27)6-7-18(21)29(12)2/h3-9H,10H2,1-2H3,(H,30,31). The topological polar surface area (TPSA) is 78.9 Å². The third-order valence-electron chi connectivity index (χ3n) is 5.56. The first-order valence-electron chi connectivity index (χ1n) is 9.33. The number of carboxylic acid groups (broad SMARTS) is 1. The summed E-state index contributed by atoms with van der Waals surface area (Å²) in [4.78, 5) is 15.5. The van der Waals surface area contributed by atoms with Gasteiger partial charge in [0, 0.05) is 40.8 Å². The number of carboxylic acids is 1. The van der Waals surface area contributed by atoms with Crippen molar-refractivity contribution in [2.24, 2.45) is 7.05 Å². The summed E-state index contributed by atoms with van der Waals surface area (Å²) in [5.41, 5.74) is 2.06. The molecule has 2 aromatic heterocycles. The number of rotatable bonds is 3. The van der Waals surface area contributed by atoms with Gasteiger partial charge >= 0.3 is 12.1 Å². The zero-order valence-electron chi connectivity index (χ0n) is 16.6. The number of alkyl halides is 3. The second kappa shape index (κ2) is 7.13. The average molecular weight is 423 g/mol. The number of fused-ring (bicyclic) bond motifs is 2. The van der Waals surface area contributed by atoms with Crippen molar-refractivity contribution in [3.8, 4) is 17.2 Å². The van der Waals surface area contributed by atoms with Gasteiger partial charge in [0.1, 0.15) is 0 Å². The number of hydrogen-bond acceptors (Lipinski definition) is 3. The van der Waals surface area contributed by atoms with Gasteiger partial charge in [-0.05, 0) is 42.3 Å². The number of aryl methyl sites for hydroxylation is 1. The minimum atomic E-state index is -4.57. The van der Waals surface area contributed by atoms with Gasteiger partial charge in [-0.15, -0.1) is 0 Å². The first-order chi connectivity index (χ1) is 14.6. The van der Waals surface area contributed by atoms with E-state index in [0.717, 1.165) is 11.8 Å². The third-order valence-corrected chi connectivity index (χ3v) is 5.56. The van der Waals surface area contributed by atoms with E-state index in [4.69, 9.17) is 0 Å². The molecule has 0 radical (unpaired) electrons. The van der Waals surface area contributed by atoms with Crippen molar-refractivity contribution in [1.29, 1.82) is 5.26 Å². The van der Waals surface area contributed by atoms with E-state index in [2.05, 4.69) is 4.98 Å². The normalized spacial score (nSPS) is 11.7. The van der Waals surface area contributed by atoms with Crippen LogP contribution in [0, 0.1) is 18.3 Å². The predicted molar refractivity (Wildman–Crippen MR) is 109 cm³/mol. The van der Waals surface area contributed by atoms with E-state index in [9.17, 15) is 28.3 Å². The zero-order valence-corrected chi connectivity index (χ0v) is 16.6. The van der Waals surface area contributed by atoms with Gasteiger partial charge in [0.2, 0.25) is 0 Å². The molecule has 2 heterocycles. The maximum absolute atomic E-state index is 13.5. The lowest BCUT2D eigenvalue weighted by Crippen LogP contribution is -2.06. The largest absolute Gasteiger partial charge is 0.481 e. The van der Waals surface area contributed by atoms with Gasteiger partial charge in [0.05, 0.1) is 29.1 Å². The Morgan fingerprint density at radius 1 is 1.23 bits per heavy atom. The molecule has 156 valence electrons. The summed E-state index contributed by atoms with van der Waals surface area (Å²) >= 11 is 0. The fourth-order valence-electron chi connectivity index (χ4n) is 4.12. The molecule has 0 fully saturated rings. The van der Waals surface area contributed by atoms with Crippen molar-refractivity contribution < 1.29 is 23.1 Å². The molecule has 0 saturated heterocycles.